The van der Waals surface area contributed by atoms with Crippen LogP contribution in [0.4, 0.5) is 10.1 Å². The van der Waals surface area contributed by atoms with Crippen molar-refractivity contribution < 1.29 is 4.39 Å². The Balaban J connectivity index is 2.11. The molecule has 7 heteroatoms. The SMILES string of the molecule is Fc1cccc(Nn2cc(Br)c3ncnc(Cl)c32)c1. The van der Waals surface area contributed by atoms with Gasteiger partial charge in [-0.3, -0.25) is 10.1 Å². The maximum Gasteiger partial charge on any atom is 0.158 e. The fraction of sp³-hybridized carbons (Fsp3) is 0. The fourth-order valence-corrected chi connectivity index (χ4v) is 2.49. The molecule has 0 saturated heterocycles. The predicted molar refractivity (Wildman–Crippen MR) is 75.7 cm³/mol. The lowest BCUT2D eigenvalue weighted by molar-refractivity contribution is 0.628. The minimum atomic E-state index is -0.317. The maximum absolute atomic E-state index is 13.2. The number of fused-ring (bicyclic) bond motifs is 1. The van der Waals surface area contributed by atoms with Gasteiger partial charge in [0.2, 0.25) is 0 Å². The zero-order valence-electron chi connectivity index (χ0n) is 9.44. The number of nitrogens with one attached hydrogen (secondary N) is 1. The van der Waals surface area contributed by atoms with Gasteiger partial charge in [-0.05, 0) is 34.1 Å². The Hall–Kier alpha value is -1.66. The molecule has 0 aliphatic heterocycles. The van der Waals surface area contributed by atoms with Gasteiger partial charge in [-0.2, -0.15) is 0 Å². The van der Waals surface area contributed by atoms with E-state index in [0.717, 1.165) is 4.47 Å². The molecule has 0 radical (unpaired) electrons. The molecular formula is C12H7BrClFN4. The Kier molecular flexibility index (Phi) is 3.12. The van der Waals surface area contributed by atoms with Gasteiger partial charge in [-0.25, -0.2) is 14.4 Å². The first kappa shape index (κ1) is 12.4. The lowest BCUT2D eigenvalue weighted by Gasteiger charge is -2.09. The molecular weight excluding hydrogens is 335 g/mol. The second kappa shape index (κ2) is 4.79. The number of benzene rings is 1. The summed E-state index contributed by atoms with van der Waals surface area (Å²) in [7, 11) is 0. The molecule has 0 aliphatic carbocycles. The third kappa shape index (κ3) is 2.29. The normalized spacial score (nSPS) is 10.9. The summed E-state index contributed by atoms with van der Waals surface area (Å²) in [5, 5.41) is 0.319. The van der Waals surface area contributed by atoms with Crippen molar-refractivity contribution >= 4 is 44.3 Å². The summed E-state index contributed by atoms with van der Waals surface area (Å²) in [6.45, 7) is 0. The van der Waals surface area contributed by atoms with Crippen LogP contribution in [0.2, 0.25) is 5.15 Å². The van der Waals surface area contributed by atoms with E-state index in [0.29, 0.717) is 21.9 Å². The van der Waals surface area contributed by atoms with Crippen molar-refractivity contribution in [3.63, 3.8) is 0 Å². The van der Waals surface area contributed by atoms with E-state index in [-0.39, 0.29) is 5.82 Å². The number of hydrogen-bond donors (Lipinski definition) is 1. The van der Waals surface area contributed by atoms with Crippen molar-refractivity contribution in [3.05, 3.63) is 52.2 Å². The Morgan fingerprint density at radius 1 is 1.32 bits per heavy atom. The third-order valence-electron chi connectivity index (χ3n) is 2.56. The Morgan fingerprint density at radius 2 is 2.16 bits per heavy atom. The Labute approximate surface area is 121 Å². The monoisotopic (exact) mass is 340 g/mol. The molecule has 0 fully saturated rings. The highest BCUT2D eigenvalue weighted by molar-refractivity contribution is 9.10. The largest absolute Gasteiger partial charge is 0.294 e. The number of anilines is 1. The van der Waals surface area contributed by atoms with Crippen LogP contribution >= 0.6 is 27.5 Å². The molecule has 1 N–H and O–H groups in total. The van der Waals surface area contributed by atoms with Gasteiger partial charge in [0, 0.05) is 6.20 Å². The van der Waals surface area contributed by atoms with E-state index in [4.69, 9.17) is 11.6 Å². The molecule has 0 atom stereocenters. The van der Waals surface area contributed by atoms with Crippen LogP contribution in [-0.4, -0.2) is 14.6 Å². The maximum atomic E-state index is 13.2. The summed E-state index contributed by atoms with van der Waals surface area (Å²) in [5.74, 6) is -0.317. The first-order valence-electron chi connectivity index (χ1n) is 5.35. The summed E-state index contributed by atoms with van der Waals surface area (Å²) in [4.78, 5) is 8.08. The van der Waals surface area contributed by atoms with Crippen molar-refractivity contribution in [2.45, 2.75) is 0 Å². The van der Waals surface area contributed by atoms with E-state index in [9.17, 15) is 4.39 Å². The van der Waals surface area contributed by atoms with Gasteiger partial charge >= 0.3 is 0 Å². The van der Waals surface area contributed by atoms with Crippen LogP contribution in [-0.2, 0) is 0 Å². The molecule has 0 saturated carbocycles. The smallest absolute Gasteiger partial charge is 0.158 e. The Morgan fingerprint density at radius 3 is 2.95 bits per heavy atom. The van der Waals surface area contributed by atoms with Crippen LogP contribution in [0, 0.1) is 5.82 Å². The summed E-state index contributed by atoms with van der Waals surface area (Å²) in [5.41, 5.74) is 4.94. The molecule has 2 heterocycles. The summed E-state index contributed by atoms with van der Waals surface area (Å²) in [6, 6.07) is 6.14. The van der Waals surface area contributed by atoms with Crippen molar-refractivity contribution in [2.75, 3.05) is 5.43 Å². The second-order valence-corrected chi connectivity index (χ2v) is 5.04. The molecule has 4 nitrogen and oxygen atoms in total. The van der Waals surface area contributed by atoms with E-state index in [1.54, 1.807) is 23.0 Å². The predicted octanol–water partition coefficient (Wildman–Crippen LogP) is 3.86. The molecule has 0 amide bonds. The number of nitrogens with zero attached hydrogens (tertiary/aromatic N) is 3. The molecule has 2 aromatic heterocycles. The van der Waals surface area contributed by atoms with E-state index in [1.165, 1.54) is 18.5 Å². The van der Waals surface area contributed by atoms with E-state index in [2.05, 4.69) is 31.3 Å². The minimum absolute atomic E-state index is 0.317. The average molecular weight is 342 g/mol. The zero-order chi connectivity index (χ0) is 13.4. The molecule has 0 spiro atoms. The highest BCUT2D eigenvalue weighted by atomic mass is 79.9. The molecule has 0 bridgehead atoms. The number of aromatic nitrogens is 3. The first-order chi connectivity index (χ1) is 9.15. The van der Waals surface area contributed by atoms with Crippen LogP contribution in [0.25, 0.3) is 11.0 Å². The number of halogens is 3. The summed E-state index contributed by atoms with van der Waals surface area (Å²) < 4.78 is 15.6. The standard InChI is InChI=1S/C12H7BrClFN4/c13-9-5-19(11-10(9)16-6-17-12(11)14)18-8-3-1-2-7(15)4-8/h1-6,18H. The highest BCUT2D eigenvalue weighted by Gasteiger charge is 2.12. The van der Waals surface area contributed by atoms with Crippen molar-refractivity contribution in [1.82, 2.24) is 14.6 Å². The van der Waals surface area contributed by atoms with Gasteiger partial charge in [0.1, 0.15) is 23.2 Å². The topological polar surface area (TPSA) is 42.7 Å². The lowest BCUT2D eigenvalue weighted by atomic mass is 10.3. The van der Waals surface area contributed by atoms with E-state index < -0.39 is 0 Å². The molecule has 0 unspecified atom stereocenters. The van der Waals surface area contributed by atoms with Gasteiger partial charge < -0.3 is 0 Å². The van der Waals surface area contributed by atoms with Crippen LogP contribution in [0.3, 0.4) is 0 Å². The van der Waals surface area contributed by atoms with Crippen molar-refractivity contribution in [2.24, 2.45) is 0 Å². The average Bonchev–Trinajstić information content (AvgIpc) is 2.68. The van der Waals surface area contributed by atoms with Crippen molar-refractivity contribution in [1.29, 1.82) is 0 Å². The first-order valence-corrected chi connectivity index (χ1v) is 6.52. The van der Waals surface area contributed by atoms with E-state index in [1.807, 2.05) is 0 Å². The third-order valence-corrected chi connectivity index (χ3v) is 3.42. The van der Waals surface area contributed by atoms with Gasteiger partial charge in [-0.15, -0.1) is 0 Å². The molecule has 3 aromatic rings. The second-order valence-electron chi connectivity index (χ2n) is 3.83. The quantitative estimate of drug-likeness (QED) is 0.720. The highest BCUT2D eigenvalue weighted by Crippen LogP contribution is 2.28. The molecule has 3 rings (SSSR count). The molecule has 96 valence electrons. The fourth-order valence-electron chi connectivity index (χ4n) is 1.77. The number of rotatable bonds is 2. The molecule has 0 aliphatic rings. The van der Waals surface area contributed by atoms with Crippen LogP contribution < -0.4 is 5.43 Å². The van der Waals surface area contributed by atoms with Crippen LogP contribution in [0.1, 0.15) is 0 Å². The van der Waals surface area contributed by atoms with Gasteiger partial charge in [0.25, 0.3) is 0 Å². The molecule has 19 heavy (non-hydrogen) atoms. The zero-order valence-corrected chi connectivity index (χ0v) is 11.8. The Bertz CT molecular complexity index is 759. The van der Waals surface area contributed by atoms with Gasteiger partial charge in [-0.1, -0.05) is 17.7 Å². The minimum Gasteiger partial charge on any atom is -0.294 e. The van der Waals surface area contributed by atoms with Gasteiger partial charge in [0.15, 0.2) is 5.15 Å². The van der Waals surface area contributed by atoms with E-state index >= 15 is 0 Å². The van der Waals surface area contributed by atoms with Crippen LogP contribution in [0.15, 0.2) is 41.3 Å². The lowest BCUT2D eigenvalue weighted by Crippen LogP contribution is -2.08. The van der Waals surface area contributed by atoms with Crippen LogP contribution in [0.5, 0.6) is 0 Å². The summed E-state index contributed by atoms with van der Waals surface area (Å²) in [6.07, 6.45) is 3.15. The summed E-state index contributed by atoms with van der Waals surface area (Å²) >= 11 is 9.46. The number of hydrogen-bond acceptors (Lipinski definition) is 3. The van der Waals surface area contributed by atoms with Crippen molar-refractivity contribution in [3.8, 4) is 0 Å². The van der Waals surface area contributed by atoms with Gasteiger partial charge in [0.05, 0.1) is 10.2 Å². The molecule has 1 aromatic carbocycles.